The van der Waals surface area contributed by atoms with Gasteiger partial charge in [-0.2, -0.15) is 0 Å². The Morgan fingerprint density at radius 2 is 1.95 bits per heavy atom. The maximum absolute atomic E-state index is 9.10. The SMILES string of the molecule is Cc1cc(/C=C2\CN3CCC2CC3)on1.O=C(O)C(=O)O. The lowest BCUT2D eigenvalue weighted by Gasteiger charge is -2.40. The van der Waals surface area contributed by atoms with Gasteiger partial charge in [0.05, 0.1) is 5.69 Å². The van der Waals surface area contributed by atoms with Crippen molar-refractivity contribution in [2.45, 2.75) is 19.8 Å². The summed E-state index contributed by atoms with van der Waals surface area (Å²) in [6, 6.07) is 2.00. The van der Waals surface area contributed by atoms with Crippen LogP contribution in [0.4, 0.5) is 0 Å². The number of carboxylic acid groups (broad SMARTS) is 2. The minimum Gasteiger partial charge on any atom is -0.473 e. The van der Waals surface area contributed by atoms with Gasteiger partial charge in [0.25, 0.3) is 0 Å². The van der Waals surface area contributed by atoms with Crippen LogP contribution in [0.15, 0.2) is 16.2 Å². The van der Waals surface area contributed by atoms with Crippen LogP contribution in [0.2, 0.25) is 0 Å². The molecule has 2 N–H and O–H groups in total. The van der Waals surface area contributed by atoms with E-state index in [9.17, 15) is 0 Å². The van der Waals surface area contributed by atoms with Crippen molar-refractivity contribution >= 4 is 18.0 Å². The molecule has 7 nitrogen and oxygen atoms in total. The minimum atomic E-state index is -1.82. The van der Waals surface area contributed by atoms with E-state index in [1.165, 1.54) is 31.5 Å². The molecule has 4 rings (SSSR count). The number of piperidine rings is 3. The van der Waals surface area contributed by atoms with Gasteiger partial charge in [0.2, 0.25) is 0 Å². The van der Waals surface area contributed by atoms with Crippen LogP contribution in [0.3, 0.4) is 0 Å². The molecule has 1 aromatic rings. The Morgan fingerprint density at radius 3 is 2.33 bits per heavy atom. The second-order valence-electron chi connectivity index (χ2n) is 5.25. The molecule has 4 heterocycles. The van der Waals surface area contributed by atoms with Gasteiger partial charge in [-0.15, -0.1) is 0 Å². The molecule has 0 aliphatic carbocycles. The summed E-state index contributed by atoms with van der Waals surface area (Å²) in [4.78, 5) is 20.7. The topological polar surface area (TPSA) is 104 Å². The summed E-state index contributed by atoms with van der Waals surface area (Å²) in [5.41, 5.74) is 2.49. The first-order chi connectivity index (χ1) is 9.95. The van der Waals surface area contributed by atoms with Crippen LogP contribution >= 0.6 is 0 Å². The number of fused-ring (bicyclic) bond motifs is 3. The van der Waals surface area contributed by atoms with Crippen LogP contribution in [0.5, 0.6) is 0 Å². The van der Waals surface area contributed by atoms with Crippen molar-refractivity contribution in [3.8, 4) is 0 Å². The molecule has 3 aliphatic heterocycles. The van der Waals surface area contributed by atoms with Gasteiger partial charge in [-0.25, -0.2) is 9.59 Å². The van der Waals surface area contributed by atoms with E-state index in [2.05, 4.69) is 16.1 Å². The van der Waals surface area contributed by atoms with E-state index in [-0.39, 0.29) is 0 Å². The zero-order valence-corrected chi connectivity index (χ0v) is 11.8. The van der Waals surface area contributed by atoms with Gasteiger partial charge in [0.1, 0.15) is 0 Å². The quantitative estimate of drug-likeness (QED) is 0.751. The van der Waals surface area contributed by atoms with E-state index in [0.717, 1.165) is 23.9 Å². The van der Waals surface area contributed by atoms with Crippen molar-refractivity contribution in [3.05, 3.63) is 23.1 Å². The van der Waals surface area contributed by atoms with Gasteiger partial charge >= 0.3 is 11.9 Å². The highest BCUT2D eigenvalue weighted by Crippen LogP contribution is 2.32. The first-order valence-electron chi connectivity index (χ1n) is 6.78. The zero-order valence-electron chi connectivity index (χ0n) is 11.8. The van der Waals surface area contributed by atoms with E-state index >= 15 is 0 Å². The fourth-order valence-corrected chi connectivity index (χ4v) is 2.65. The van der Waals surface area contributed by atoms with Gasteiger partial charge in [-0.1, -0.05) is 5.16 Å². The van der Waals surface area contributed by atoms with E-state index in [1.54, 1.807) is 0 Å². The van der Waals surface area contributed by atoms with E-state index < -0.39 is 11.9 Å². The molecule has 0 radical (unpaired) electrons. The van der Waals surface area contributed by atoms with Crippen LogP contribution in [0, 0.1) is 12.8 Å². The number of hydrogen-bond donors (Lipinski definition) is 2. The molecular formula is C14H18N2O5. The lowest BCUT2D eigenvalue weighted by atomic mass is 9.83. The minimum absolute atomic E-state index is 0.792. The Morgan fingerprint density at radius 1 is 1.33 bits per heavy atom. The van der Waals surface area contributed by atoms with Crippen molar-refractivity contribution < 1.29 is 24.3 Å². The molecule has 0 saturated carbocycles. The molecule has 0 aromatic carbocycles. The van der Waals surface area contributed by atoms with E-state index in [4.69, 9.17) is 24.3 Å². The Labute approximate surface area is 121 Å². The first-order valence-corrected chi connectivity index (χ1v) is 6.78. The average molecular weight is 294 g/mol. The summed E-state index contributed by atoms with van der Waals surface area (Å²) in [5, 5.41) is 18.7. The molecular weight excluding hydrogens is 276 g/mol. The second kappa shape index (κ2) is 6.53. The number of hydrogen-bond acceptors (Lipinski definition) is 5. The number of carbonyl (C=O) groups is 2. The summed E-state index contributed by atoms with van der Waals surface area (Å²) in [6.45, 7) is 5.64. The number of aryl methyl sites for hydroxylation is 1. The van der Waals surface area contributed by atoms with Crippen LogP contribution in [-0.2, 0) is 9.59 Å². The summed E-state index contributed by atoms with van der Waals surface area (Å²) >= 11 is 0. The highest BCUT2D eigenvalue weighted by Gasteiger charge is 2.29. The predicted octanol–water partition coefficient (Wildman–Crippen LogP) is 1.25. The fraction of sp³-hybridized carbons (Fsp3) is 0.500. The van der Waals surface area contributed by atoms with Crippen LogP contribution in [0.1, 0.15) is 24.3 Å². The fourth-order valence-electron chi connectivity index (χ4n) is 2.65. The third-order valence-corrected chi connectivity index (χ3v) is 3.67. The van der Waals surface area contributed by atoms with Gasteiger partial charge < -0.3 is 14.7 Å². The molecule has 0 atom stereocenters. The number of aromatic nitrogens is 1. The van der Waals surface area contributed by atoms with Gasteiger partial charge in [0.15, 0.2) is 5.76 Å². The highest BCUT2D eigenvalue weighted by molar-refractivity contribution is 6.27. The summed E-state index contributed by atoms with van der Waals surface area (Å²) < 4.78 is 5.23. The predicted molar refractivity (Wildman–Crippen MR) is 73.7 cm³/mol. The van der Waals surface area contributed by atoms with Crippen LogP contribution < -0.4 is 0 Å². The largest absolute Gasteiger partial charge is 0.473 e. The number of aliphatic carboxylic acids is 2. The van der Waals surface area contributed by atoms with E-state index in [1.807, 2.05) is 13.0 Å². The Balaban J connectivity index is 0.000000232. The molecule has 3 fully saturated rings. The maximum Gasteiger partial charge on any atom is 0.414 e. The Hall–Kier alpha value is -2.15. The van der Waals surface area contributed by atoms with Crippen molar-refractivity contribution in [3.63, 3.8) is 0 Å². The van der Waals surface area contributed by atoms with Crippen molar-refractivity contribution in [1.29, 1.82) is 0 Å². The normalized spacial score (nSPS) is 25.3. The summed E-state index contributed by atoms with van der Waals surface area (Å²) in [5.74, 6) is -1.94. The van der Waals surface area contributed by atoms with Gasteiger partial charge in [-0.3, -0.25) is 4.90 Å². The standard InChI is InChI=1S/C12H16N2O.C2H2O4/c1-9-6-12(15-13-9)7-11-8-14-4-2-10(11)3-5-14;3-1(4)2(5)6/h6-7,10H,2-5,8H2,1H3;(H,3,4)(H,5,6)/b11-7+;. The summed E-state index contributed by atoms with van der Waals surface area (Å²) in [7, 11) is 0. The molecule has 114 valence electrons. The van der Waals surface area contributed by atoms with Gasteiger partial charge in [0, 0.05) is 12.6 Å². The lowest BCUT2D eigenvalue weighted by molar-refractivity contribution is -0.159. The van der Waals surface area contributed by atoms with Crippen molar-refractivity contribution in [1.82, 2.24) is 10.1 Å². The Bertz CT molecular complexity index is 543. The zero-order chi connectivity index (χ0) is 15.4. The average Bonchev–Trinajstić information content (AvgIpc) is 2.86. The molecule has 21 heavy (non-hydrogen) atoms. The molecule has 3 saturated heterocycles. The third kappa shape index (κ3) is 4.16. The van der Waals surface area contributed by atoms with Crippen molar-refractivity contribution in [2.75, 3.05) is 19.6 Å². The molecule has 3 aliphatic rings. The lowest BCUT2D eigenvalue weighted by Crippen LogP contribution is -2.42. The monoisotopic (exact) mass is 294 g/mol. The smallest absolute Gasteiger partial charge is 0.414 e. The summed E-state index contributed by atoms with van der Waals surface area (Å²) in [6.07, 6.45) is 4.83. The number of nitrogens with zero attached hydrogens (tertiary/aromatic N) is 2. The molecule has 1 aromatic heterocycles. The molecule has 7 heteroatoms. The Kier molecular flexibility index (Phi) is 4.74. The third-order valence-electron chi connectivity index (χ3n) is 3.67. The van der Waals surface area contributed by atoms with Gasteiger partial charge in [-0.05, 0) is 50.4 Å². The molecule has 2 bridgehead atoms. The number of carboxylic acids is 2. The van der Waals surface area contributed by atoms with Crippen LogP contribution in [-0.4, -0.2) is 51.8 Å². The first kappa shape index (κ1) is 15.2. The van der Waals surface area contributed by atoms with Crippen LogP contribution in [0.25, 0.3) is 6.08 Å². The van der Waals surface area contributed by atoms with E-state index in [0.29, 0.717) is 0 Å². The number of rotatable bonds is 1. The second-order valence-corrected chi connectivity index (χ2v) is 5.25. The highest BCUT2D eigenvalue weighted by atomic mass is 16.5. The molecule has 0 unspecified atom stereocenters. The maximum atomic E-state index is 9.10. The molecule has 0 amide bonds. The van der Waals surface area contributed by atoms with Crippen molar-refractivity contribution in [2.24, 2.45) is 5.92 Å². The molecule has 0 spiro atoms.